The van der Waals surface area contributed by atoms with Gasteiger partial charge in [0.05, 0.1) is 4.99 Å². The fraction of sp³-hybridized carbons (Fsp3) is 0.682. The number of nitrogens with one attached hydrogen (secondary N) is 3. The number of esters is 1. The van der Waals surface area contributed by atoms with Gasteiger partial charge in [-0.15, -0.1) is 6.58 Å². The average Bonchev–Trinajstić information content (AvgIpc) is 2.64. The number of carbonyl (C=O) groups is 2. The van der Waals surface area contributed by atoms with Crippen LogP contribution in [0.15, 0.2) is 24.8 Å². The highest BCUT2D eigenvalue weighted by atomic mass is 32.1. The van der Waals surface area contributed by atoms with Crippen LogP contribution in [0.4, 0.5) is 4.79 Å². The summed E-state index contributed by atoms with van der Waals surface area (Å²) in [5, 5.41) is 7.79. The minimum absolute atomic E-state index is 0.391. The SMILES string of the molecule is C/C=C\C.C=CC.CCC.CNC(=O)NC(CCC(=S)NC)C(=O)OC(C)(C)C. The molecule has 0 aliphatic rings. The van der Waals surface area contributed by atoms with Gasteiger partial charge in [-0.3, -0.25) is 0 Å². The molecule has 1 atom stereocenters. The van der Waals surface area contributed by atoms with Crippen LogP contribution in [-0.2, 0) is 9.53 Å². The summed E-state index contributed by atoms with van der Waals surface area (Å²) in [6.07, 6.45) is 7.89. The number of amides is 2. The van der Waals surface area contributed by atoms with E-state index in [1.807, 2.05) is 32.9 Å². The van der Waals surface area contributed by atoms with Gasteiger partial charge in [0.15, 0.2) is 0 Å². The topological polar surface area (TPSA) is 79.5 Å². The molecule has 0 aromatic rings. The number of ether oxygens (including phenoxy) is 1. The molecule has 0 saturated heterocycles. The Hall–Kier alpha value is -1.89. The van der Waals surface area contributed by atoms with Crippen molar-refractivity contribution in [3.05, 3.63) is 24.8 Å². The molecule has 29 heavy (non-hydrogen) atoms. The quantitative estimate of drug-likeness (QED) is 0.319. The molecular formula is C22H45N3O3S. The molecular weight excluding hydrogens is 386 g/mol. The Morgan fingerprint density at radius 1 is 1.07 bits per heavy atom. The van der Waals surface area contributed by atoms with E-state index in [4.69, 9.17) is 17.0 Å². The lowest BCUT2D eigenvalue weighted by molar-refractivity contribution is -0.157. The number of hydrogen-bond acceptors (Lipinski definition) is 4. The summed E-state index contributed by atoms with van der Waals surface area (Å²) < 4.78 is 5.27. The van der Waals surface area contributed by atoms with Gasteiger partial charge in [0, 0.05) is 20.5 Å². The van der Waals surface area contributed by atoms with Crippen molar-refractivity contribution in [3.63, 3.8) is 0 Å². The molecule has 0 saturated carbocycles. The summed E-state index contributed by atoms with van der Waals surface area (Å²) in [4.78, 5) is 23.9. The third kappa shape index (κ3) is 34.1. The van der Waals surface area contributed by atoms with Crippen LogP contribution in [0.25, 0.3) is 0 Å². The van der Waals surface area contributed by atoms with Gasteiger partial charge in [0.2, 0.25) is 0 Å². The molecule has 0 spiro atoms. The van der Waals surface area contributed by atoms with Crippen molar-refractivity contribution in [2.75, 3.05) is 14.1 Å². The molecule has 0 bridgehead atoms. The fourth-order valence-corrected chi connectivity index (χ4v) is 1.37. The van der Waals surface area contributed by atoms with Crippen LogP contribution >= 0.6 is 12.2 Å². The highest BCUT2D eigenvalue weighted by Crippen LogP contribution is 2.11. The third-order valence-corrected chi connectivity index (χ3v) is 2.90. The van der Waals surface area contributed by atoms with Crippen molar-refractivity contribution >= 4 is 29.2 Å². The maximum absolute atomic E-state index is 12.0. The van der Waals surface area contributed by atoms with E-state index in [1.54, 1.807) is 33.9 Å². The molecule has 3 N–H and O–H groups in total. The van der Waals surface area contributed by atoms with Gasteiger partial charge in [-0.1, -0.05) is 50.7 Å². The number of hydrogen-bond donors (Lipinski definition) is 3. The minimum Gasteiger partial charge on any atom is -0.458 e. The molecule has 1 unspecified atom stereocenters. The van der Waals surface area contributed by atoms with E-state index in [2.05, 4.69) is 36.4 Å². The molecule has 0 aliphatic carbocycles. The van der Waals surface area contributed by atoms with Crippen LogP contribution in [-0.4, -0.2) is 42.7 Å². The molecule has 0 aromatic carbocycles. The number of allylic oxidation sites excluding steroid dienone is 3. The van der Waals surface area contributed by atoms with Crippen molar-refractivity contribution in [1.82, 2.24) is 16.0 Å². The summed E-state index contributed by atoms with van der Waals surface area (Å²) in [7, 11) is 3.21. The number of carbonyl (C=O) groups excluding carboxylic acids is 2. The normalized spacial score (nSPS) is 10.4. The van der Waals surface area contributed by atoms with E-state index in [0.29, 0.717) is 17.8 Å². The second kappa shape index (κ2) is 24.1. The lowest BCUT2D eigenvalue weighted by atomic mass is 10.1. The van der Waals surface area contributed by atoms with E-state index < -0.39 is 23.6 Å². The van der Waals surface area contributed by atoms with Crippen LogP contribution in [0.5, 0.6) is 0 Å². The number of thiocarbonyl (C=S) groups is 1. The van der Waals surface area contributed by atoms with Crippen LogP contribution in [0.1, 0.15) is 74.7 Å². The molecule has 0 fully saturated rings. The van der Waals surface area contributed by atoms with Gasteiger partial charge in [-0.25, -0.2) is 9.59 Å². The van der Waals surface area contributed by atoms with Gasteiger partial charge in [-0.05, 0) is 48.0 Å². The van der Waals surface area contributed by atoms with Gasteiger partial charge < -0.3 is 20.7 Å². The lowest BCUT2D eigenvalue weighted by Gasteiger charge is -2.24. The van der Waals surface area contributed by atoms with E-state index in [9.17, 15) is 9.59 Å². The fourth-order valence-electron chi connectivity index (χ4n) is 1.25. The van der Waals surface area contributed by atoms with Gasteiger partial charge in [0.1, 0.15) is 11.6 Å². The van der Waals surface area contributed by atoms with Crippen molar-refractivity contribution in [1.29, 1.82) is 0 Å². The average molecular weight is 432 g/mol. The van der Waals surface area contributed by atoms with Gasteiger partial charge >= 0.3 is 12.0 Å². The van der Waals surface area contributed by atoms with E-state index in [0.717, 1.165) is 0 Å². The standard InChI is InChI=1S/C12H23N3O3S.C4H8.C3H8.C3H6/c1-12(2,3)18-10(16)8(15-11(17)14-5)6-7-9(19)13-4;1-3-4-2;2*1-3-2/h8H,6-7H2,1-5H3,(H,13,19)(H2,14,15,17);3-4H,1-2H3;3H2,1-2H3;3H,1H2,2H3/b;4-3-;;. The minimum atomic E-state index is -0.717. The zero-order valence-electron chi connectivity index (χ0n) is 20.3. The summed E-state index contributed by atoms with van der Waals surface area (Å²) >= 11 is 5.02. The second-order valence-electron chi connectivity index (χ2n) is 6.80. The number of rotatable bonds is 5. The Balaban J connectivity index is -0.000000259. The Labute approximate surface area is 184 Å². The first-order valence-electron chi connectivity index (χ1n) is 10.00. The number of urea groups is 1. The molecule has 0 aliphatic heterocycles. The lowest BCUT2D eigenvalue weighted by Crippen LogP contribution is -2.47. The Morgan fingerprint density at radius 2 is 1.48 bits per heavy atom. The first kappa shape index (κ1) is 34.6. The molecule has 2 amide bonds. The van der Waals surface area contributed by atoms with Crippen molar-refractivity contribution in [2.24, 2.45) is 0 Å². The van der Waals surface area contributed by atoms with E-state index in [1.165, 1.54) is 13.5 Å². The van der Waals surface area contributed by atoms with Crippen LogP contribution in [0.3, 0.4) is 0 Å². The molecule has 0 radical (unpaired) electrons. The Kier molecular flexibility index (Phi) is 28.8. The van der Waals surface area contributed by atoms with Crippen molar-refractivity contribution < 1.29 is 14.3 Å². The largest absolute Gasteiger partial charge is 0.458 e. The first-order valence-corrected chi connectivity index (χ1v) is 10.4. The summed E-state index contributed by atoms with van der Waals surface area (Å²) in [6, 6.07) is -1.14. The van der Waals surface area contributed by atoms with E-state index in [-0.39, 0.29) is 0 Å². The smallest absolute Gasteiger partial charge is 0.329 e. The molecule has 0 rings (SSSR count). The van der Waals surface area contributed by atoms with Gasteiger partial charge in [-0.2, -0.15) is 0 Å². The zero-order valence-corrected chi connectivity index (χ0v) is 21.1. The zero-order chi connectivity index (χ0) is 23.9. The maximum atomic E-state index is 12.0. The van der Waals surface area contributed by atoms with E-state index >= 15 is 0 Å². The Bertz CT molecular complexity index is 455. The molecule has 6 nitrogen and oxygen atoms in total. The van der Waals surface area contributed by atoms with Crippen molar-refractivity contribution in [3.8, 4) is 0 Å². The van der Waals surface area contributed by atoms with Crippen LogP contribution in [0.2, 0.25) is 0 Å². The molecule has 0 aromatic heterocycles. The first-order chi connectivity index (χ1) is 13.4. The second-order valence-corrected chi connectivity index (χ2v) is 7.30. The highest BCUT2D eigenvalue weighted by molar-refractivity contribution is 7.80. The predicted octanol–water partition coefficient (Wildman–Crippen LogP) is 5.14. The van der Waals surface area contributed by atoms with Crippen LogP contribution in [0, 0.1) is 0 Å². The molecule has 0 heterocycles. The van der Waals surface area contributed by atoms with Crippen LogP contribution < -0.4 is 16.0 Å². The predicted molar refractivity (Wildman–Crippen MR) is 130 cm³/mol. The summed E-state index contributed by atoms with van der Waals surface area (Å²) in [6.45, 7) is 18.8. The monoisotopic (exact) mass is 431 g/mol. The molecule has 7 heteroatoms. The highest BCUT2D eigenvalue weighted by Gasteiger charge is 2.26. The van der Waals surface area contributed by atoms with Crippen molar-refractivity contribution in [2.45, 2.75) is 86.3 Å². The Morgan fingerprint density at radius 3 is 1.76 bits per heavy atom. The van der Waals surface area contributed by atoms with Gasteiger partial charge in [0.25, 0.3) is 0 Å². The summed E-state index contributed by atoms with van der Waals surface area (Å²) in [5.41, 5.74) is -0.594. The summed E-state index contributed by atoms with van der Waals surface area (Å²) in [5.74, 6) is -0.463. The molecule has 172 valence electrons. The maximum Gasteiger partial charge on any atom is 0.329 e. The third-order valence-electron chi connectivity index (χ3n) is 2.50.